The van der Waals surface area contributed by atoms with Crippen LogP contribution in [0.25, 0.3) is 11.3 Å². The van der Waals surface area contributed by atoms with Gasteiger partial charge in [-0.25, -0.2) is 14.8 Å². The molecule has 2 aromatic rings. The summed E-state index contributed by atoms with van der Waals surface area (Å²) < 4.78 is 10.1. The van der Waals surface area contributed by atoms with E-state index in [1.54, 1.807) is 12.4 Å². The van der Waals surface area contributed by atoms with E-state index < -0.39 is 11.7 Å². The van der Waals surface area contributed by atoms with Gasteiger partial charge in [-0.2, -0.15) is 0 Å². The Balaban J connectivity index is 1.60. The molecule has 1 fully saturated rings. The number of ether oxygens (including phenoxy) is 2. The number of allylic oxidation sites excluding steroid dienone is 1. The molecule has 1 saturated carbocycles. The van der Waals surface area contributed by atoms with E-state index >= 15 is 0 Å². The molecule has 3 rings (SSSR count). The molecule has 0 saturated heterocycles. The predicted molar refractivity (Wildman–Crippen MR) is 147 cm³/mol. The number of hydrogen-bond acceptors (Lipinski definition) is 9. The first kappa shape index (κ1) is 28.6. The first-order valence-electron chi connectivity index (χ1n) is 12.8. The van der Waals surface area contributed by atoms with Crippen LogP contribution in [0.4, 0.5) is 10.7 Å². The number of aromatic nitrogens is 2. The van der Waals surface area contributed by atoms with Gasteiger partial charge in [0.25, 0.3) is 0 Å². The average molecular weight is 523 g/mol. The highest BCUT2D eigenvalue weighted by atomic mass is 16.6. The number of alkyl carbamates (subject to hydrolysis) is 1. The van der Waals surface area contributed by atoms with Crippen LogP contribution in [0.5, 0.6) is 0 Å². The monoisotopic (exact) mass is 522 g/mol. The third kappa shape index (κ3) is 8.57. The number of nitrogens with zero attached hydrogens (tertiary/aromatic N) is 2. The smallest absolute Gasteiger partial charge is 0.407 e. The quantitative estimate of drug-likeness (QED) is 0.275. The van der Waals surface area contributed by atoms with Gasteiger partial charge in [0.15, 0.2) is 0 Å². The molecule has 0 unspecified atom stereocenters. The number of hydrogen-bond donors (Lipinski definition) is 4. The van der Waals surface area contributed by atoms with Crippen LogP contribution in [0, 0.1) is 18.3 Å². The van der Waals surface area contributed by atoms with Gasteiger partial charge >= 0.3 is 12.1 Å². The fourth-order valence-corrected chi connectivity index (χ4v) is 4.23. The van der Waals surface area contributed by atoms with E-state index in [0.717, 1.165) is 48.1 Å². The van der Waals surface area contributed by atoms with Crippen molar-refractivity contribution in [2.75, 3.05) is 12.4 Å². The molecule has 1 amide bonds. The second-order valence-corrected chi connectivity index (χ2v) is 10.4. The Morgan fingerprint density at radius 2 is 1.89 bits per heavy atom. The molecule has 4 N–H and O–H groups in total. The first-order valence-corrected chi connectivity index (χ1v) is 12.8. The molecule has 0 radical (unpaired) electrons. The largest absolute Gasteiger partial charge is 0.469 e. The van der Waals surface area contributed by atoms with Crippen LogP contribution in [-0.4, -0.2) is 47.0 Å². The van der Waals surface area contributed by atoms with E-state index in [4.69, 9.17) is 14.9 Å². The molecule has 0 atom stereocenters. The zero-order valence-electron chi connectivity index (χ0n) is 22.8. The van der Waals surface area contributed by atoms with Crippen molar-refractivity contribution in [1.82, 2.24) is 20.6 Å². The Labute approximate surface area is 224 Å². The van der Waals surface area contributed by atoms with Crippen molar-refractivity contribution in [3.63, 3.8) is 0 Å². The van der Waals surface area contributed by atoms with Crippen molar-refractivity contribution in [2.45, 2.75) is 71.6 Å². The molecular weight excluding hydrogens is 484 g/mol. The Hall–Kier alpha value is -3.95. The highest BCUT2D eigenvalue weighted by Crippen LogP contribution is 2.25. The Bertz CT molecular complexity index is 1170. The number of amides is 1. The maximum atomic E-state index is 12.0. The highest BCUT2D eigenvalue weighted by Gasteiger charge is 2.26. The maximum absolute atomic E-state index is 12.0. The molecule has 1 aromatic heterocycles. The lowest BCUT2D eigenvalue weighted by atomic mass is 9.86. The van der Waals surface area contributed by atoms with Crippen molar-refractivity contribution in [3.05, 3.63) is 53.5 Å². The lowest BCUT2D eigenvalue weighted by Crippen LogP contribution is -2.33. The zero-order valence-corrected chi connectivity index (χ0v) is 22.8. The van der Waals surface area contributed by atoms with Gasteiger partial charge in [-0.3, -0.25) is 4.79 Å². The molecule has 1 aliphatic carbocycles. The number of rotatable bonds is 9. The molecule has 10 heteroatoms. The number of benzene rings is 1. The van der Waals surface area contributed by atoms with Gasteiger partial charge in [-0.15, -0.1) is 0 Å². The molecule has 0 aliphatic heterocycles. The van der Waals surface area contributed by atoms with Crippen molar-refractivity contribution in [3.8, 4) is 11.3 Å². The van der Waals surface area contributed by atoms with Crippen LogP contribution in [0.15, 0.2) is 42.4 Å². The van der Waals surface area contributed by atoms with Crippen LogP contribution in [-0.2, 0) is 20.8 Å². The number of esters is 1. The van der Waals surface area contributed by atoms with Crippen molar-refractivity contribution >= 4 is 24.2 Å². The minimum atomic E-state index is -0.546. The van der Waals surface area contributed by atoms with Crippen LogP contribution >= 0.6 is 0 Å². The van der Waals surface area contributed by atoms with Crippen molar-refractivity contribution in [1.29, 1.82) is 5.41 Å². The second kappa shape index (κ2) is 13.0. The summed E-state index contributed by atoms with van der Waals surface area (Å²) in [7, 11) is 1.43. The Morgan fingerprint density at radius 3 is 2.53 bits per heavy atom. The molecule has 1 aromatic carbocycles. The van der Waals surface area contributed by atoms with Crippen LogP contribution in [0.2, 0.25) is 0 Å². The molecular formula is C28H38N6O4. The molecule has 10 nitrogen and oxygen atoms in total. The van der Waals surface area contributed by atoms with Crippen LogP contribution < -0.4 is 16.0 Å². The first-order chi connectivity index (χ1) is 18.1. The van der Waals surface area contributed by atoms with Gasteiger partial charge in [0.2, 0.25) is 5.95 Å². The SMILES string of the molecule is COC(=O)C1CCC(N/C=C(\C=N)Nc2nccc(-c3ccc(CNC(=O)OC(C)(C)C)c(C)c3)n2)CC1. The fourth-order valence-electron chi connectivity index (χ4n) is 4.23. The van der Waals surface area contributed by atoms with Gasteiger partial charge in [0.1, 0.15) is 5.60 Å². The van der Waals surface area contributed by atoms with Gasteiger partial charge in [0.05, 0.1) is 24.4 Å². The Morgan fingerprint density at radius 1 is 1.16 bits per heavy atom. The third-order valence-electron chi connectivity index (χ3n) is 6.26. The lowest BCUT2D eigenvalue weighted by molar-refractivity contribution is -0.146. The van der Waals surface area contributed by atoms with E-state index in [0.29, 0.717) is 18.2 Å². The summed E-state index contributed by atoms with van der Waals surface area (Å²) in [5.74, 6) is 0.208. The topological polar surface area (TPSA) is 138 Å². The normalized spacial score (nSPS) is 17.8. The summed E-state index contributed by atoms with van der Waals surface area (Å²) in [6.07, 6.45) is 7.46. The fraction of sp³-hybridized carbons (Fsp3) is 0.464. The molecule has 0 bridgehead atoms. The summed E-state index contributed by atoms with van der Waals surface area (Å²) in [5, 5.41) is 17.0. The number of anilines is 1. The third-order valence-corrected chi connectivity index (χ3v) is 6.26. The van der Waals surface area contributed by atoms with Gasteiger partial charge in [0, 0.05) is 36.8 Å². The molecule has 1 heterocycles. The van der Waals surface area contributed by atoms with Crippen LogP contribution in [0.3, 0.4) is 0 Å². The number of aryl methyl sites for hydroxylation is 1. The number of methoxy groups -OCH3 is 1. The number of nitrogens with one attached hydrogen (secondary N) is 4. The molecule has 204 valence electrons. The van der Waals surface area contributed by atoms with Gasteiger partial charge in [-0.1, -0.05) is 12.1 Å². The van der Waals surface area contributed by atoms with Gasteiger partial charge < -0.3 is 30.8 Å². The number of carbonyl (C=O) groups is 2. The minimum Gasteiger partial charge on any atom is -0.469 e. The highest BCUT2D eigenvalue weighted by molar-refractivity contribution is 5.79. The average Bonchev–Trinajstić information content (AvgIpc) is 2.89. The summed E-state index contributed by atoms with van der Waals surface area (Å²) in [4.78, 5) is 32.6. The zero-order chi connectivity index (χ0) is 27.7. The van der Waals surface area contributed by atoms with E-state index in [9.17, 15) is 9.59 Å². The molecule has 38 heavy (non-hydrogen) atoms. The summed E-state index contributed by atoms with van der Waals surface area (Å²) in [6, 6.07) is 7.97. The lowest BCUT2D eigenvalue weighted by Gasteiger charge is -2.27. The van der Waals surface area contributed by atoms with E-state index in [-0.39, 0.29) is 17.9 Å². The predicted octanol–water partition coefficient (Wildman–Crippen LogP) is 4.70. The second-order valence-electron chi connectivity index (χ2n) is 10.4. The Kier molecular flexibility index (Phi) is 9.81. The van der Waals surface area contributed by atoms with E-state index in [2.05, 4.69) is 25.9 Å². The van der Waals surface area contributed by atoms with Gasteiger partial charge in [-0.05, 0) is 76.6 Å². The minimum absolute atomic E-state index is 0.0301. The molecule has 0 spiro atoms. The summed E-state index contributed by atoms with van der Waals surface area (Å²) in [6.45, 7) is 7.83. The standard InChI is InChI=1S/C28H38N6O4/c1-18-14-20(6-7-21(18)16-32-27(36)38-28(2,3)4)24-12-13-30-26(34-24)33-23(15-29)17-31-22-10-8-19(9-11-22)25(35)37-5/h6-7,12-15,17,19,22,29,31H,8-11,16H2,1-5H3,(H,32,36)(H,30,33,34)/b23-17+,29-15?. The van der Waals surface area contributed by atoms with Crippen LogP contribution in [0.1, 0.15) is 57.6 Å². The van der Waals surface area contributed by atoms with Crippen molar-refractivity contribution < 1.29 is 19.1 Å². The van der Waals surface area contributed by atoms with E-state index in [1.807, 2.05) is 52.0 Å². The molecule has 1 aliphatic rings. The van der Waals surface area contributed by atoms with Crippen molar-refractivity contribution in [2.24, 2.45) is 5.92 Å². The summed E-state index contributed by atoms with van der Waals surface area (Å²) >= 11 is 0. The maximum Gasteiger partial charge on any atom is 0.407 e. The van der Waals surface area contributed by atoms with E-state index in [1.165, 1.54) is 13.3 Å². The number of carbonyl (C=O) groups excluding carboxylic acids is 2. The summed E-state index contributed by atoms with van der Waals surface area (Å²) in [5.41, 5.74) is 3.61.